The molecule has 0 saturated heterocycles. The van der Waals surface area contributed by atoms with Crippen LogP contribution in [0.25, 0.3) is 0 Å². The van der Waals surface area contributed by atoms with Gasteiger partial charge in [-0.1, -0.05) is 51.5 Å². The van der Waals surface area contributed by atoms with E-state index in [4.69, 9.17) is 5.26 Å². The number of nitrogens with zero attached hydrogens (tertiary/aromatic N) is 1. The van der Waals surface area contributed by atoms with Crippen LogP contribution in [0.2, 0.25) is 0 Å². The summed E-state index contributed by atoms with van der Waals surface area (Å²) in [5.41, 5.74) is 2.38. The van der Waals surface area contributed by atoms with Gasteiger partial charge < -0.3 is 0 Å². The van der Waals surface area contributed by atoms with Crippen molar-refractivity contribution in [2.24, 2.45) is 0 Å². The number of nitriles is 1. The molecule has 0 fully saturated rings. The second kappa shape index (κ2) is 7.09. The molecular formula is C15H22N2. The first kappa shape index (κ1) is 13.7. The molecule has 1 aromatic rings. The van der Waals surface area contributed by atoms with Crippen molar-refractivity contribution in [3.63, 3.8) is 0 Å². The lowest BCUT2D eigenvalue weighted by Crippen LogP contribution is -2.21. The zero-order valence-corrected chi connectivity index (χ0v) is 11.0. The summed E-state index contributed by atoms with van der Waals surface area (Å²) in [5.74, 6) is 0.539. The molecule has 0 aromatic heterocycles. The molecule has 0 radical (unpaired) electrons. The third-order valence-corrected chi connectivity index (χ3v) is 2.94. The summed E-state index contributed by atoms with van der Waals surface area (Å²) < 4.78 is 0. The Morgan fingerprint density at radius 3 is 2.24 bits per heavy atom. The molecule has 1 aromatic carbocycles. The second-order valence-electron chi connectivity index (χ2n) is 4.69. The van der Waals surface area contributed by atoms with Gasteiger partial charge in [0, 0.05) is 0 Å². The van der Waals surface area contributed by atoms with Crippen molar-refractivity contribution in [1.29, 1.82) is 5.26 Å². The molecule has 0 aliphatic rings. The summed E-state index contributed by atoms with van der Waals surface area (Å²) in [6, 6.07) is 10.5. The van der Waals surface area contributed by atoms with E-state index >= 15 is 0 Å². The molecule has 0 aliphatic carbocycles. The van der Waals surface area contributed by atoms with Crippen molar-refractivity contribution < 1.29 is 0 Å². The van der Waals surface area contributed by atoms with Crippen LogP contribution in [0.3, 0.4) is 0 Å². The number of benzene rings is 1. The average Bonchev–Trinajstić information content (AvgIpc) is 2.35. The van der Waals surface area contributed by atoms with Crippen molar-refractivity contribution in [3.8, 4) is 6.07 Å². The van der Waals surface area contributed by atoms with E-state index < -0.39 is 0 Å². The predicted molar refractivity (Wildman–Crippen MR) is 71.8 cm³/mol. The molecule has 2 nitrogen and oxygen atoms in total. The summed E-state index contributed by atoms with van der Waals surface area (Å²) in [6.07, 6.45) is 2.26. The minimum atomic E-state index is -0.178. The van der Waals surface area contributed by atoms with Crippen molar-refractivity contribution >= 4 is 0 Å². The lowest BCUT2D eigenvalue weighted by molar-refractivity contribution is 0.597. The zero-order chi connectivity index (χ0) is 12.7. The molecule has 0 amide bonds. The Bertz CT molecular complexity index is 360. The summed E-state index contributed by atoms with van der Waals surface area (Å²) in [5, 5.41) is 12.4. The number of hydrogen-bond donors (Lipinski definition) is 1. The van der Waals surface area contributed by atoms with Crippen LogP contribution in [0, 0.1) is 11.3 Å². The first-order valence-corrected chi connectivity index (χ1v) is 6.42. The van der Waals surface area contributed by atoms with Gasteiger partial charge in [0.2, 0.25) is 0 Å². The number of rotatable bonds is 6. The van der Waals surface area contributed by atoms with E-state index in [0.29, 0.717) is 5.92 Å². The van der Waals surface area contributed by atoms with Gasteiger partial charge in [0.1, 0.15) is 6.04 Å². The fraction of sp³-hybridized carbons (Fsp3) is 0.533. The molecule has 1 atom stereocenters. The minimum Gasteiger partial charge on any atom is -0.298 e. The SMILES string of the molecule is CCCCNC(C#N)c1ccc(C(C)C)cc1. The Hall–Kier alpha value is -1.33. The molecule has 92 valence electrons. The van der Waals surface area contributed by atoms with Crippen LogP contribution in [-0.2, 0) is 0 Å². The lowest BCUT2D eigenvalue weighted by atomic mass is 9.99. The maximum atomic E-state index is 9.14. The fourth-order valence-corrected chi connectivity index (χ4v) is 1.73. The molecule has 0 saturated carbocycles. The highest BCUT2D eigenvalue weighted by Gasteiger charge is 2.09. The molecule has 0 aliphatic heterocycles. The molecule has 0 heterocycles. The highest BCUT2D eigenvalue weighted by atomic mass is 14.9. The van der Waals surface area contributed by atoms with E-state index in [9.17, 15) is 0 Å². The molecule has 1 rings (SSSR count). The van der Waals surface area contributed by atoms with Gasteiger partial charge in [0.25, 0.3) is 0 Å². The second-order valence-corrected chi connectivity index (χ2v) is 4.69. The smallest absolute Gasteiger partial charge is 0.121 e. The Balaban J connectivity index is 2.66. The largest absolute Gasteiger partial charge is 0.298 e. The van der Waals surface area contributed by atoms with Crippen molar-refractivity contribution in [3.05, 3.63) is 35.4 Å². The molecule has 1 unspecified atom stereocenters. The van der Waals surface area contributed by atoms with Crippen LogP contribution in [0.5, 0.6) is 0 Å². The van der Waals surface area contributed by atoms with Crippen LogP contribution < -0.4 is 5.32 Å². The van der Waals surface area contributed by atoms with Crippen LogP contribution in [0.1, 0.15) is 56.7 Å². The monoisotopic (exact) mass is 230 g/mol. The van der Waals surface area contributed by atoms with Gasteiger partial charge in [-0.3, -0.25) is 5.32 Å². The van der Waals surface area contributed by atoms with E-state index in [1.165, 1.54) is 5.56 Å². The molecule has 17 heavy (non-hydrogen) atoms. The highest BCUT2D eigenvalue weighted by Crippen LogP contribution is 2.18. The van der Waals surface area contributed by atoms with Gasteiger partial charge in [0.05, 0.1) is 6.07 Å². The van der Waals surface area contributed by atoms with Crippen LogP contribution in [0.15, 0.2) is 24.3 Å². The normalized spacial score (nSPS) is 12.4. The third kappa shape index (κ3) is 4.20. The van der Waals surface area contributed by atoms with Crippen molar-refractivity contribution in [2.45, 2.75) is 45.6 Å². The van der Waals surface area contributed by atoms with E-state index in [1.807, 2.05) is 0 Å². The molecule has 2 heteroatoms. The quantitative estimate of drug-likeness (QED) is 0.755. The maximum Gasteiger partial charge on any atom is 0.121 e. The fourth-order valence-electron chi connectivity index (χ4n) is 1.73. The Labute approximate surface area is 105 Å². The first-order valence-electron chi connectivity index (χ1n) is 6.42. The number of unbranched alkanes of at least 4 members (excludes halogenated alkanes) is 1. The Morgan fingerprint density at radius 2 is 1.76 bits per heavy atom. The highest BCUT2D eigenvalue weighted by molar-refractivity contribution is 5.29. The van der Waals surface area contributed by atoms with Gasteiger partial charge in [-0.05, 0) is 30.0 Å². The summed E-state index contributed by atoms with van der Waals surface area (Å²) in [4.78, 5) is 0. The molecule has 0 bridgehead atoms. The van der Waals surface area contributed by atoms with Gasteiger partial charge in [-0.15, -0.1) is 0 Å². The average molecular weight is 230 g/mol. The van der Waals surface area contributed by atoms with Crippen molar-refractivity contribution in [2.75, 3.05) is 6.54 Å². The first-order chi connectivity index (χ1) is 8.19. The molecular weight excluding hydrogens is 208 g/mol. The lowest BCUT2D eigenvalue weighted by Gasteiger charge is -2.13. The Kier molecular flexibility index (Phi) is 5.72. The van der Waals surface area contributed by atoms with Gasteiger partial charge >= 0.3 is 0 Å². The molecule has 0 spiro atoms. The minimum absolute atomic E-state index is 0.178. The summed E-state index contributed by atoms with van der Waals surface area (Å²) in [7, 11) is 0. The van der Waals surface area contributed by atoms with Gasteiger partial charge in [-0.25, -0.2) is 0 Å². The van der Waals surface area contributed by atoms with Crippen molar-refractivity contribution in [1.82, 2.24) is 5.32 Å². The van der Waals surface area contributed by atoms with Crippen LogP contribution in [-0.4, -0.2) is 6.54 Å². The Morgan fingerprint density at radius 1 is 1.18 bits per heavy atom. The van der Waals surface area contributed by atoms with E-state index in [-0.39, 0.29) is 6.04 Å². The van der Waals surface area contributed by atoms with Crippen LogP contribution in [0.4, 0.5) is 0 Å². The predicted octanol–water partition coefficient (Wildman–Crippen LogP) is 3.76. The van der Waals surface area contributed by atoms with Gasteiger partial charge in [0.15, 0.2) is 0 Å². The van der Waals surface area contributed by atoms with Gasteiger partial charge in [-0.2, -0.15) is 5.26 Å². The zero-order valence-electron chi connectivity index (χ0n) is 11.0. The van der Waals surface area contributed by atoms with E-state index in [1.54, 1.807) is 0 Å². The van der Waals surface area contributed by atoms with Crippen LogP contribution >= 0.6 is 0 Å². The van der Waals surface area contributed by atoms with E-state index in [0.717, 1.165) is 24.9 Å². The summed E-state index contributed by atoms with van der Waals surface area (Å²) in [6.45, 7) is 7.41. The maximum absolute atomic E-state index is 9.14. The number of hydrogen-bond acceptors (Lipinski definition) is 2. The standard InChI is InChI=1S/C15H22N2/c1-4-5-10-17-15(11-16)14-8-6-13(7-9-14)12(2)3/h6-9,12,15,17H,4-5,10H2,1-3H3. The summed E-state index contributed by atoms with van der Waals surface area (Å²) >= 11 is 0. The van der Waals surface area contributed by atoms with E-state index in [2.05, 4.69) is 56.4 Å². The third-order valence-electron chi connectivity index (χ3n) is 2.94. The number of nitrogens with one attached hydrogen (secondary N) is 1. The molecule has 1 N–H and O–H groups in total. The topological polar surface area (TPSA) is 35.8 Å².